The SMILES string of the molecule is CCC(O)(CC)CNC(=O)CCCOc1ccccc1C. The van der Waals surface area contributed by atoms with Crippen molar-refractivity contribution >= 4 is 5.91 Å². The van der Waals surface area contributed by atoms with Crippen LogP contribution in [0.25, 0.3) is 0 Å². The maximum Gasteiger partial charge on any atom is 0.220 e. The van der Waals surface area contributed by atoms with Crippen molar-refractivity contribution in [1.82, 2.24) is 5.32 Å². The summed E-state index contributed by atoms with van der Waals surface area (Å²) in [6.07, 6.45) is 2.35. The molecule has 4 heteroatoms. The number of benzene rings is 1. The number of aryl methyl sites for hydroxylation is 1. The molecule has 4 nitrogen and oxygen atoms in total. The van der Waals surface area contributed by atoms with Gasteiger partial charge >= 0.3 is 0 Å². The summed E-state index contributed by atoms with van der Waals surface area (Å²) in [7, 11) is 0. The summed E-state index contributed by atoms with van der Waals surface area (Å²) in [5.74, 6) is 0.827. The highest BCUT2D eigenvalue weighted by atomic mass is 16.5. The van der Waals surface area contributed by atoms with Gasteiger partial charge < -0.3 is 15.2 Å². The van der Waals surface area contributed by atoms with Gasteiger partial charge in [-0.25, -0.2) is 0 Å². The van der Waals surface area contributed by atoms with Crippen LogP contribution in [0.4, 0.5) is 0 Å². The predicted octanol–water partition coefficient (Wildman–Crippen LogP) is 2.82. The largest absolute Gasteiger partial charge is 0.493 e. The second-order valence-electron chi connectivity index (χ2n) is 5.43. The van der Waals surface area contributed by atoms with Crippen LogP contribution in [-0.2, 0) is 4.79 Å². The first-order chi connectivity index (χ1) is 10.0. The number of hydrogen-bond donors (Lipinski definition) is 2. The van der Waals surface area contributed by atoms with Crippen LogP contribution < -0.4 is 10.1 Å². The Balaban J connectivity index is 2.21. The molecule has 1 rings (SSSR count). The summed E-state index contributed by atoms with van der Waals surface area (Å²) in [6, 6.07) is 7.83. The van der Waals surface area contributed by atoms with E-state index in [0.29, 0.717) is 38.8 Å². The quantitative estimate of drug-likeness (QED) is 0.688. The molecule has 0 aliphatic carbocycles. The van der Waals surface area contributed by atoms with Gasteiger partial charge in [0.05, 0.1) is 12.2 Å². The van der Waals surface area contributed by atoms with Crippen molar-refractivity contribution in [3.63, 3.8) is 0 Å². The summed E-state index contributed by atoms with van der Waals surface area (Å²) in [5.41, 5.74) is 0.311. The van der Waals surface area contributed by atoms with E-state index in [1.165, 1.54) is 0 Å². The van der Waals surface area contributed by atoms with Gasteiger partial charge in [0.25, 0.3) is 0 Å². The van der Waals surface area contributed by atoms with Gasteiger partial charge in [0.1, 0.15) is 5.75 Å². The summed E-state index contributed by atoms with van der Waals surface area (Å²) in [5, 5.41) is 12.9. The van der Waals surface area contributed by atoms with Crippen molar-refractivity contribution in [3.8, 4) is 5.75 Å². The maximum atomic E-state index is 11.7. The lowest BCUT2D eigenvalue weighted by atomic mass is 9.97. The molecule has 0 atom stereocenters. The van der Waals surface area contributed by atoms with Crippen molar-refractivity contribution in [2.24, 2.45) is 0 Å². The zero-order valence-corrected chi connectivity index (χ0v) is 13.3. The molecule has 0 unspecified atom stereocenters. The summed E-state index contributed by atoms with van der Waals surface area (Å²) in [4.78, 5) is 11.7. The molecule has 0 aliphatic rings. The molecule has 0 radical (unpaired) electrons. The van der Waals surface area contributed by atoms with Gasteiger partial charge in [-0.05, 0) is 37.8 Å². The predicted molar refractivity (Wildman–Crippen MR) is 84.4 cm³/mol. The van der Waals surface area contributed by atoms with Crippen LogP contribution in [0.5, 0.6) is 5.75 Å². The molecule has 1 aromatic carbocycles. The number of para-hydroxylation sites is 1. The van der Waals surface area contributed by atoms with Crippen LogP contribution in [0.1, 0.15) is 45.1 Å². The van der Waals surface area contributed by atoms with Crippen molar-refractivity contribution in [2.75, 3.05) is 13.2 Å². The van der Waals surface area contributed by atoms with Crippen LogP contribution in [0, 0.1) is 6.92 Å². The average Bonchev–Trinajstić information content (AvgIpc) is 2.51. The molecular formula is C17H27NO3. The molecule has 21 heavy (non-hydrogen) atoms. The number of rotatable bonds is 9. The third kappa shape index (κ3) is 6.17. The van der Waals surface area contributed by atoms with E-state index in [1.54, 1.807) is 0 Å². The normalized spacial score (nSPS) is 11.2. The number of carbonyl (C=O) groups is 1. The number of hydrogen-bond acceptors (Lipinski definition) is 3. The van der Waals surface area contributed by atoms with E-state index in [0.717, 1.165) is 11.3 Å². The van der Waals surface area contributed by atoms with E-state index in [2.05, 4.69) is 5.32 Å². The molecule has 0 heterocycles. The van der Waals surface area contributed by atoms with E-state index in [9.17, 15) is 9.90 Å². The number of nitrogens with one attached hydrogen (secondary N) is 1. The zero-order valence-electron chi connectivity index (χ0n) is 13.3. The lowest BCUT2D eigenvalue weighted by Gasteiger charge is -2.25. The average molecular weight is 293 g/mol. The van der Waals surface area contributed by atoms with Gasteiger partial charge in [-0.2, -0.15) is 0 Å². The highest BCUT2D eigenvalue weighted by Crippen LogP contribution is 2.16. The highest BCUT2D eigenvalue weighted by molar-refractivity contribution is 5.75. The Kier molecular flexibility index (Phi) is 7.23. The Bertz CT molecular complexity index is 441. The summed E-state index contributed by atoms with van der Waals surface area (Å²) in [6.45, 7) is 6.68. The van der Waals surface area contributed by atoms with E-state index in [4.69, 9.17) is 4.74 Å². The Morgan fingerprint density at radius 3 is 2.57 bits per heavy atom. The first kappa shape index (κ1) is 17.5. The van der Waals surface area contributed by atoms with Crippen LogP contribution in [0.3, 0.4) is 0 Å². The molecule has 0 saturated heterocycles. The van der Waals surface area contributed by atoms with E-state index >= 15 is 0 Å². The third-order valence-corrected chi connectivity index (χ3v) is 3.83. The van der Waals surface area contributed by atoms with Crippen molar-refractivity contribution in [3.05, 3.63) is 29.8 Å². The highest BCUT2D eigenvalue weighted by Gasteiger charge is 2.22. The Morgan fingerprint density at radius 2 is 1.95 bits per heavy atom. The van der Waals surface area contributed by atoms with Crippen molar-refractivity contribution in [2.45, 2.75) is 52.1 Å². The Labute approximate surface area is 127 Å². The Hall–Kier alpha value is -1.55. The van der Waals surface area contributed by atoms with Gasteiger partial charge in [-0.1, -0.05) is 32.0 Å². The van der Waals surface area contributed by atoms with E-state index in [1.807, 2.05) is 45.0 Å². The smallest absolute Gasteiger partial charge is 0.220 e. The summed E-state index contributed by atoms with van der Waals surface area (Å²) < 4.78 is 5.65. The van der Waals surface area contributed by atoms with Gasteiger partial charge in [-0.3, -0.25) is 4.79 Å². The molecule has 2 N–H and O–H groups in total. The first-order valence-corrected chi connectivity index (χ1v) is 7.68. The first-order valence-electron chi connectivity index (χ1n) is 7.68. The summed E-state index contributed by atoms with van der Waals surface area (Å²) >= 11 is 0. The van der Waals surface area contributed by atoms with Crippen molar-refractivity contribution in [1.29, 1.82) is 0 Å². The molecule has 0 spiro atoms. The fourth-order valence-electron chi connectivity index (χ4n) is 1.98. The number of carbonyl (C=O) groups excluding carboxylic acids is 1. The van der Waals surface area contributed by atoms with Crippen LogP contribution in [-0.4, -0.2) is 29.8 Å². The fraction of sp³-hybridized carbons (Fsp3) is 0.588. The van der Waals surface area contributed by atoms with E-state index in [-0.39, 0.29) is 5.91 Å². The molecular weight excluding hydrogens is 266 g/mol. The zero-order chi connectivity index (χ0) is 15.7. The standard InChI is InChI=1S/C17H27NO3/c1-4-17(20,5-2)13-18-16(19)11-8-12-21-15-10-7-6-9-14(15)3/h6-7,9-10,20H,4-5,8,11-13H2,1-3H3,(H,18,19). The minimum atomic E-state index is -0.784. The van der Waals surface area contributed by atoms with Crippen LogP contribution in [0.2, 0.25) is 0 Å². The van der Waals surface area contributed by atoms with Gasteiger partial charge in [0.2, 0.25) is 5.91 Å². The third-order valence-electron chi connectivity index (χ3n) is 3.83. The molecule has 0 aromatic heterocycles. The van der Waals surface area contributed by atoms with E-state index < -0.39 is 5.60 Å². The van der Waals surface area contributed by atoms with Crippen LogP contribution >= 0.6 is 0 Å². The lowest BCUT2D eigenvalue weighted by Crippen LogP contribution is -2.42. The number of ether oxygens (including phenoxy) is 1. The Morgan fingerprint density at radius 1 is 1.29 bits per heavy atom. The van der Waals surface area contributed by atoms with Crippen LogP contribution in [0.15, 0.2) is 24.3 Å². The number of aliphatic hydroxyl groups is 1. The molecule has 0 bridgehead atoms. The lowest BCUT2D eigenvalue weighted by molar-refractivity contribution is -0.122. The number of amides is 1. The molecule has 0 fully saturated rings. The van der Waals surface area contributed by atoms with Gasteiger partial charge in [0.15, 0.2) is 0 Å². The topological polar surface area (TPSA) is 58.6 Å². The molecule has 1 aromatic rings. The van der Waals surface area contributed by atoms with Gasteiger partial charge in [-0.15, -0.1) is 0 Å². The minimum Gasteiger partial charge on any atom is -0.493 e. The molecule has 118 valence electrons. The second kappa shape index (κ2) is 8.67. The maximum absolute atomic E-state index is 11.7. The van der Waals surface area contributed by atoms with Gasteiger partial charge in [0, 0.05) is 13.0 Å². The molecule has 0 saturated carbocycles. The van der Waals surface area contributed by atoms with Crippen molar-refractivity contribution < 1.29 is 14.6 Å². The monoisotopic (exact) mass is 293 g/mol. The second-order valence-corrected chi connectivity index (χ2v) is 5.43. The molecule has 0 aliphatic heterocycles. The minimum absolute atomic E-state index is 0.0382. The fourth-order valence-corrected chi connectivity index (χ4v) is 1.98. The molecule has 1 amide bonds.